The summed E-state index contributed by atoms with van der Waals surface area (Å²) in [5.74, 6) is -0.887. The van der Waals surface area contributed by atoms with Crippen molar-refractivity contribution in [2.75, 3.05) is 19.8 Å². The van der Waals surface area contributed by atoms with Gasteiger partial charge in [0, 0.05) is 42.0 Å². The lowest BCUT2D eigenvalue weighted by Gasteiger charge is -2.24. The first-order chi connectivity index (χ1) is 19.4. The molecule has 12 heteroatoms. The van der Waals surface area contributed by atoms with Gasteiger partial charge in [0.05, 0.1) is 13.2 Å². The maximum Gasteiger partial charge on any atom is 0.266 e. The highest BCUT2D eigenvalue weighted by Crippen LogP contribution is 2.29. The number of rotatable bonds is 13. The third-order valence-electron chi connectivity index (χ3n) is 6.25. The smallest absolute Gasteiger partial charge is 0.266 e. The second kappa shape index (κ2) is 13.5. The van der Waals surface area contributed by atoms with E-state index >= 15 is 0 Å². The Morgan fingerprint density at radius 1 is 1.12 bits per heavy atom. The summed E-state index contributed by atoms with van der Waals surface area (Å²) >= 11 is 0. The van der Waals surface area contributed by atoms with Crippen LogP contribution in [0.2, 0.25) is 0 Å². The molecule has 1 atom stereocenters. The molecule has 0 aromatic heterocycles. The molecule has 1 aliphatic rings. The second-order valence-electron chi connectivity index (χ2n) is 9.07. The van der Waals surface area contributed by atoms with Crippen molar-refractivity contribution < 1.29 is 28.2 Å². The number of aliphatic imine (C=N–C) groups is 1. The quantitative estimate of drug-likeness (QED) is 0.0966. The highest BCUT2D eigenvalue weighted by Gasteiger charge is 2.45. The Bertz CT molecular complexity index is 1410. The van der Waals surface area contributed by atoms with E-state index in [1.165, 1.54) is 0 Å². The number of amides is 1. The van der Waals surface area contributed by atoms with Crippen molar-refractivity contribution in [3.8, 4) is 5.75 Å². The first-order valence-electron chi connectivity index (χ1n) is 12.6. The van der Waals surface area contributed by atoms with Gasteiger partial charge in [-0.2, -0.15) is 0 Å². The average Bonchev–Trinajstić information content (AvgIpc) is 3.40. The van der Waals surface area contributed by atoms with Crippen LogP contribution in [0.3, 0.4) is 0 Å². The molecule has 1 heterocycles. The van der Waals surface area contributed by atoms with Gasteiger partial charge in [0.25, 0.3) is 5.91 Å². The molecule has 3 N–H and O–H groups in total. The monoisotopic (exact) mass is 550 g/mol. The zero-order chi connectivity index (χ0) is 28.4. The van der Waals surface area contributed by atoms with Crippen LogP contribution in [0.15, 0.2) is 76.8 Å². The predicted molar refractivity (Wildman–Crippen MR) is 143 cm³/mol. The number of carbonyl (C=O) groups is 1. The van der Waals surface area contributed by atoms with Gasteiger partial charge in [0.15, 0.2) is 5.54 Å². The molecule has 0 spiro atoms. The predicted octanol–water partition coefficient (Wildman–Crippen LogP) is 4.12. The lowest BCUT2D eigenvalue weighted by atomic mass is 9.89. The molecule has 0 aliphatic carbocycles. The first-order valence-corrected chi connectivity index (χ1v) is 12.6. The highest BCUT2D eigenvalue weighted by atomic mass is 19.1. The van der Waals surface area contributed by atoms with Crippen LogP contribution in [0.1, 0.15) is 28.7 Å². The van der Waals surface area contributed by atoms with E-state index in [-0.39, 0.29) is 44.2 Å². The maximum atomic E-state index is 14.0. The van der Waals surface area contributed by atoms with E-state index in [0.717, 1.165) is 29.3 Å². The minimum absolute atomic E-state index is 0.0326. The molecule has 0 unspecified atom stereocenters. The number of azide groups is 1. The molecule has 208 valence electrons. The lowest BCUT2D eigenvalue weighted by Crippen LogP contribution is -2.52. The van der Waals surface area contributed by atoms with Crippen molar-refractivity contribution in [1.82, 2.24) is 10.9 Å². The molecular formula is C28H28F2N6O4. The number of hydrogen-bond donors (Lipinski definition) is 3. The van der Waals surface area contributed by atoms with Gasteiger partial charge in [-0.1, -0.05) is 29.4 Å². The van der Waals surface area contributed by atoms with Gasteiger partial charge >= 0.3 is 0 Å². The topological polar surface area (TPSA) is 141 Å². The fraction of sp³-hybridized carbons (Fsp3) is 0.286. The molecule has 10 nitrogen and oxygen atoms in total. The summed E-state index contributed by atoms with van der Waals surface area (Å²) < 4.78 is 39.1. The van der Waals surface area contributed by atoms with Gasteiger partial charge in [-0.05, 0) is 59.1 Å². The number of nitrogens with zero attached hydrogens (tertiary/aromatic N) is 4. The van der Waals surface area contributed by atoms with Gasteiger partial charge in [-0.3, -0.25) is 10.2 Å². The maximum absolute atomic E-state index is 14.0. The summed E-state index contributed by atoms with van der Waals surface area (Å²) in [5, 5.41) is 12.6. The van der Waals surface area contributed by atoms with E-state index in [1.807, 2.05) is 6.07 Å². The Morgan fingerprint density at radius 2 is 1.90 bits per heavy atom. The van der Waals surface area contributed by atoms with Crippen molar-refractivity contribution in [2.24, 2.45) is 10.1 Å². The van der Waals surface area contributed by atoms with Crippen LogP contribution < -0.4 is 15.6 Å². The van der Waals surface area contributed by atoms with E-state index in [4.69, 9.17) is 25.1 Å². The minimum Gasteiger partial charge on any atom is -0.494 e. The van der Waals surface area contributed by atoms with E-state index < -0.39 is 23.1 Å². The third-order valence-corrected chi connectivity index (χ3v) is 6.25. The standard InChI is InChI=1S/C28H28F2N6O4/c29-23-8-11-25(30)22(14-23)17-32-35-27(38)28(15-20-4-1-2-5-21(20)16-33-36-31)18-40-26(34-28)19-6-9-24(10-7-19)39-13-3-12-37/h1-2,4-11,14,32,37H,3,12-13,15-18H2,(H,35,38)/t28-/m0/s1. The molecule has 0 radical (unpaired) electrons. The number of carbonyl (C=O) groups excluding carboxylic acids is 1. The summed E-state index contributed by atoms with van der Waals surface area (Å²) in [4.78, 5) is 21.1. The molecule has 0 bridgehead atoms. The van der Waals surface area contributed by atoms with Crippen LogP contribution in [-0.4, -0.2) is 42.3 Å². The van der Waals surface area contributed by atoms with Crippen LogP contribution in [-0.2, 0) is 29.0 Å². The molecule has 0 fully saturated rings. The van der Waals surface area contributed by atoms with Crippen molar-refractivity contribution in [1.29, 1.82) is 0 Å². The molecule has 0 saturated carbocycles. The average molecular weight is 551 g/mol. The number of hydrazine groups is 1. The molecule has 40 heavy (non-hydrogen) atoms. The number of hydrogen-bond acceptors (Lipinski definition) is 7. The number of nitrogens with one attached hydrogen (secondary N) is 2. The molecule has 3 aromatic rings. The molecule has 0 saturated heterocycles. The fourth-order valence-electron chi connectivity index (χ4n) is 4.15. The van der Waals surface area contributed by atoms with Crippen LogP contribution in [0, 0.1) is 11.6 Å². The minimum atomic E-state index is -1.41. The summed E-state index contributed by atoms with van der Waals surface area (Å²) in [6, 6.07) is 17.3. The van der Waals surface area contributed by atoms with Crippen LogP contribution >= 0.6 is 0 Å². The summed E-state index contributed by atoms with van der Waals surface area (Å²) in [7, 11) is 0. The molecule has 1 amide bonds. The van der Waals surface area contributed by atoms with Gasteiger partial charge < -0.3 is 14.6 Å². The van der Waals surface area contributed by atoms with E-state index in [2.05, 4.69) is 20.9 Å². The van der Waals surface area contributed by atoms with Gasteiger partial charge in [0.2, 0.25) is 5.90 Å². The lowest BCUT2D eigenvalue weighted by molar-refractivity contribution is -0.127. The zero-order valence-electron chi connectivity index (χ0n) is 21.5. The molecule has 3 aromatic carbocycles. The van der Waals surface area contributed by atoms with E-state index in [0.29, 0.717) is 24.3 Å². The largest absolute Gasteiger partial charge is 0.494 e. The SMILES string of the molecule is [N-]=[N+]=NCc1ccccc1C[C@@]1(C(=O)NNCc2cc(F)ccc2F)COC(c2ccc(OCCCO)cc2)=N1. The number of aliphatic hydroxyl groups is 1. The van der Waals surface area contributed by atoms with Crippen LogP contribution in [0.4, 0.5) is 8.78 Å². The Balaban J connectivity index is 1.58. The summed E-state index contributed by atoms with van der Waals surface area (Å²) in [5.41, 5.74) is 14.7. The summed E-state index contributed by atoms with van der Waals surface area (Å²) in [6.07, 6.45) is 0.633. The van der Waals surface area contributed by atoms with Crippen molar-refractivity contribution in [2.45, 2.75) is 31.5 Å². The Hall–Kier alpha value is -4.51. The molecule has 1 aliphatic heterocycles. The molecule has 4 rings (SSSR count). The number of benzene rings is 3. The van der Waals surface area contributed by atoms with Crippen molar-refractivity contribution in [3.63, 3.8) is 0 Å². The number of ether oxygens (including phenoxy) is 2. The Labute approximate surface area is 229 Å². The van der Waals surface area contributed by atoms with Gasteiger partial charge in [-0.15, -0.1) is 0 Å². The highest BCUT2D eigenvalue weighted by molar-refractivity contribution is 6.00. The van der Waals surface area contributed by atoms with Crippen molar-refractivity contribution in [3.05, 3.63) is 111 Å². The second-order valence-corrected chi connectivity index (χ2v) is 9.07. The van der Waals surface area contributed by atoms with E-state index in [9.17, 15) is 13.6 Å². The Kier molecular flexibility index (Phi) is 9.63. The van der Waals surface area contributed by atoms with Gasteiger partial charge in [-0.25, -0.2) is 19.2 Å². The van der Waals surface area contributed by atoms with Crippen LogP contribution in [0.5, 0.6) is 5.75 Å². The fourth-order valence-corrected chi connectivity index (χ4v) is 4.15. The number of halogens is 2. The normalized spacial score (nSPS) is 16.0. The van der Waals surface area contributed by atoms with Crippen molar-refractivity contribution >= 4 is 11.8 Å². The zero-order valence-corrected chi connectivity index (χ0v) is 21.5. The van der Waals surface area contributed by atoms with Gasteiger partial charge in [0.1, 0.15) is 24.0 Å². The Morgan fingerprint density at radius 3 is 2.65 bits per heavy atom. The summed E-state index contributed by atoms with van der Waals surface area (Å²) in [6.45, 7) is 0.253. The van der Waals surface area contributed by atoms with E-state index in [1.54, 1.807) is 42.5 Å². The number of aliphatic hydroxyl groups excluding tert-OH is 1. The first kappa shape index (κ1) is 28.5. The molecular weight excluding hydrogens is 522 g/mol. The third kappa shape index (κ3) is 7.11. The van der Waals surface area contributed by atoms with Crippen LogP contribution in [0.25, 0.3) is 10.4 Å².